The van der Waals surface area contributed by atoms with Gasteiger partial charge in [-0.1, -0.05) is 42.5 Å². The molecule has 1 saturated heterocycles. The van der Waals surface area contributed by atoms with E-state index in [9.17, 15) is 0 Å². The average Bonchev–Trinajstić information content (AvgIpc) is 2.93. The van der Waals surface area contributed by atoms with Gasteiger partial charge in [-0.2, -0.15) is 0 Å². The molecule has 0 unspecified atom stereocenters. The van der Waals surface area contributed by atoms with Gasteiger partial charge in [0.15, 0.2) is 0 Å². The molecular formula is C19H23N2+. The SMILES string of the molecule is C[N+]1(Cc2cccc(N=Cc3ccccc3)c2)CCCC1. The first kappa shape index (κ1) is 14.0. The van der Waals surface area contributed by atoms with E-state index in [0.717, 1.165) is 17.8 Å². The van der Waals surface area contributed by atoms with Gasteiger partial charge in [-0.3, -0.25) is 4.99 Å². The molecule has 0 N–H and O–H groups in total. The van der Waals surface area contributed by atoms with E-state index in [-0.39, 0.29) is 0 Å². The molecule has 0 atom stereocenters. The number of likely N-dealkylation sites (tertiary alicyclic amines) is 1. The highest BCUT2D eigenvalue weighted by Gasteiger charge is 2.26. The molecule has 2 aromatic rings. The molecule has 0 aromatic heterocycles. The Balaban J connectivity index is 1.72. The van der Waals surface area contributed by atoms with Crippen molar-refractivity contribution in [2.24, 2.45) is 4.99 Å². The number of rotatable bonds is 4. The van der Waals surface area contributed by atoms with Crippen molar-refractivity contribution in [2.45, 2.75) is 19.4 Å². The second-order valence-electron chi connectivity index (χ2n) is 6.27. The lowest BCUT2D eigenvalue weighted by atomic mass is 10.1. The molecule has 1 fully saturated rings. The van der Waals surface area contributed by atoms with Crippen molar-refractivity contribution in [1.29, 1.82) is 0 Å². The summed E-state index contributed by atoms with van der Waals surface area (Å²) in [7, 11) is 2.37. The number of quaternary nitrogens is 1. The zero-order chi connectivity index (χ0) is 14.5. The summed E-state index contributed by atoms with van der Waals surface area (Å²) in [5.41, 5.74) is 3.57. The average molecular weight is 279 g/mol. The minimum absolute atomic E-state index is 1.04. The van der Waals surface area contributed by atoms with Crippen LogP contribution in [0.15, 0.2) is 59.6 Å². The van der Waals surface area contributed by atoms with E-state index in [1.807, 2.05) is 24.4 Å². The summed E-state index contributed by atoms with van der Waals surface area (Å²) in [6.07, 6.45) is 4.66. The van der Waals surface area contributed by atoms with Crippen molar-refractivity contribution in [3.05, 3.63) is 65.7 Å². The Morgan fingerprint density at radius 3 is 2.52 bits per heavy atom. The molecule has 2 nitrogen and oxygen atoms in total. The van der Waals surface area contributed by atoms with E-state index in [4.69, 9.17) is 0 Å². The summed E-state index contributed by atoms with van der Waals surface area (Å²) in [6.45, 7) is 3.73. The molecule has 3 rings (SSSR count). The molecule has 0 aliphatic carbocycles. The molecule has 2 heteroatoms. The van der Waals surface area contributed by atoms with E-state index < -0.39 is 0 Å². The van der Waals surface area contributed by atoms with Crippen molar-refractivity contribution in [3.8, 4) is 0 Å². The molecule has 1 aliphatic rings. The quantitative estimate of drug-likeness (QED) is 0.588. The molecule has 1 aliphatic heterocycles. The highest BCUT2D eigenvalue weighted by molar-refractivity contribution is 5.81. The molecule has 0 saturated carbocycles. The maximum atomic E-state index is 4.60. The molecule has 1 heterocycles. The summed E-state index contributed by atoms with van der Waals surface area (Å²) in [5, 5.41) is 0. The van der Waals surface area contributed by atoms with Crippen molar-refractivity contribution in [1.82, 2.24) is 0 Å². The Morgan fingerprint density at radius 1 is 1.00 bits per heavy atom. The van der Waals surface area contributed by atoms with Crippen LogP contribution in [0.1, 0.15) is 24.0 Å². The second kappa shape index (κ2) is 6.23. The molecule has 0 radical (unpaired) electrons. The first-order chi connectivity index (χ1) is 10.2. The number of nitrogens with zero attached hydrogens (tertiary/aromatic N) is 2. The lowest BCUT2D eigenvalue weighted by molar-refractivity contribution is -0.910. The molecule has 0 bridgehead atoms. The second-order valence-corrected chi connectivity index (χ2v) is 6.27. The van der Waals surface area contributed by atoms with Gasteiger partial charge >= 0.3 is 0 Å². The van der Waals surface area contributed by atoms with Gasteiger partial charge in [0.2, 0.25) is 0 Å². The van der Waals surface area contributed by atoms with Crippen LogP contribution in [0.4, 0.5) is 5.69 Å². The Labute approximate surface area is 127 Å². The van der Waals surface area contributed by atoms with Crippen LogP contribution in [0.5, 0.6) is 0 Å². The maximum absolute atomic E-state index is 4.60. The Hall–Kier alpha value is -1.93. The highest BCUT2D eigenvalue weighted by Crippen LogP contribution is 2.22. The van der Waals surface area contributed by atoms with Crippen molar-refractivity contribution < 1.29 is 4.48 Å². The van der Waals surface area contributed by atoms with Gasteiger partial charge in [-0.15, -0.1) is 0 Å². The van der Waals surface area contributed by atoms with Crippen molar-refractivity contribution in [3.63, 3.8) is 0 Å². The van der Waals surface area contributed by atoms with Crippen LogP contribution in [0, 0.1) is 0 Å². The minimum Gasteiger partial charge on any atom is -0.322 e. The first-order valence-electron chi connectivity index (χ1n) is 7.75. The van der Waals surface area contributed by atoms with Gasteiger partial charge in [0.25, 0.3) is 0 Å². The third-order valence-corrected chi connectivity index (χ3v) is 4.28. The smallest absolute Gasteiger partial charge is 0.104 e. The monoisotopic (exact) mass is 279 g/mol. The van der Waals surface area contributed by atoms with Crippen molar-refractivity contribution in [2.75, 3.05) is 20.1 Å². The van der Waals surface area contributed by atoms with Crippen LogP contribution < -0.4 is 0 Å². The summed E-state index contributed by atoms with van der Waals surface area (Å²) in [6, 6.07) is 18.9. The van der Waals surface area contributed by atoms with Crippen LogP contribution in [-0.2, 0) is 6.54 Å². The van der Waals surface area contributed by atoms with Gasteiger partial charge in [0.1, 0.15) is 6.54 Å². The predicted molar refractivity (Wildman–Crippen MR) is 89.0 cm³/mol. The first-order valence-corrected chi connectivity index (χ1v) is 7.75. The van der Waals surface area contributed by atoms with Crippen molar-refractivity contribution >= 4 is 11.9 Å². The van der Waals surface area contributed by atoms with E-state index in [2.05, 4.69) is 48.4 Å². The standard InChI is InChI=1S/C19H23N2/c1-21(12-5-6-13-21)16-18-10-7-11-19(14-18)20-15-17-8-3-2-4-9-17/h2-4,7-11,14-15H,5-6,12-13,16H2,1H3/q+1. The topological polar surface area (TPSA) is 12.4 Å². The summed E-state index contributed by atoms with van der Waals surface area (Å²) < 4.78 is 1.17. The Bertz CT molecular complexity index is 610. The zero-order valence-electron chi connectivity index (χ0n) is 12.7. The summed E-state index contributed by atoms with van der Waals surface area (Å²) in [5.74, 6) is 0. The lowest BCUT2D eigenvalue weighted by Crippen LogP contribution is -2.39. The Kier molecular flexibility index (Phi) is 4.16. The number of hydrogen-bond donors (Lipinski definition) is 0. The molecule has 108 valence electrons. The fourth-order valence-electron chi connectivity index (χ4n) is 3.12. The van der Waals surface area contributed by atoms with Crippen LogP contribution in [0.2, 0.25) is 0 Å². The van der Waals surface area contributed by atoms with Gasteiger partial charge in [-0.25, -0.2) is 0 Å². The third kappa shape index (κ3) is 3.79. The van der Waals surface area contributed by atoms with Crippen LogP contribution in [0.25, 0.3) is 0 Å². The largest absolute Gasteiger partial charge is 0.322 e. The molecule has 21 heavy (non-hydrogen) atoms. The van der Waals surface area contributed by atoms with E-state index in [1.165, 1.54) is 36.0 Å². The third-order valence-electron chi connectivity index (χ3n) is 4.28. The number of benzene rings is 2. The predicted octanol–water partition coefficient (Wildman–Crippen LogP) is 4.18. The lowest BCUT2D eigenvalue weighted by Gasteiger charge is -2.29. The van der Waals surface area contributed by atoms with Gasteiger partial charge in [-0.05, 0) is 17.7 Å². The fourth-order valence-corrected chi connectivity index (χ4v) is 3.12. The minimum atomic E-state index is 1.04. The number of hydrogen-bond acceptors (Lipinski definition) is 1. The van der Waals surface area contributed by atoms with Gasteiger partial charge in [0.05, 0.1) is 25.8 Å². The van der Waals surface area contributed by atoms with E-state index in [0.29, 0.717) is 0 Å². The summed E-state index contributed by atoms with van der Waals surface area (Å²) in [4.78, 5) is 4.60. The molecule has 0 spiro atoms. The normalized spacial score (nSPS) is 17.4. The number of aliphatic imine (C=N–C) groups is 1. The Morgan fingerprint density at radius 2 is 1.76 bits per heavy atom. The van der Waals surface area contributed by atoms with Crippen LogP contribution in [-0.4, -0.2) is 30.8 Å². The van der Waals surface area contributed by atoms with Gasteiger partial charge < -0.3 is 4.48 Å². The summed E-state index contributed by atoms with van der Waals surface area (Å²) >= 11 is 0. The molecular weight excluding hydrogens is 256 g/mol. The zero-order valence-corrected chi connectivity index (χ0v) is 12.7. The van der Waals surface area contributed by atoms with E-state index >= 15 is 0 Å². The van der Waals surface area contributed by atoms with Crippen LogP contribution >= 0.6 is 0 Å². The fraction of sp³-hybridized carbons (Fsp3) is 0.316. The molecule has 0 amide bonds. The molecule has 2 aromatic carbocycles. The van der Waals surface area contributed by atoms with Crippen LogP contribution in [0.3, 0.4) is 0 Å². The van der Waals surface area contributed by atoms with E-state index in [1.54, 1.807) is 0 Å². The van der Waals surface area contributed by atoms with Gasteiger partial charge in [0, 0.05) is 24.6 Å². The maximum Gasteiger partial charge on any atom is 0.104 e. The highest BCUT2D eigenvalue weighted by atomic mass is 15.3.